The number of likely N-dealkylation sites (N-methyl/N-ethyl adjacent to an activating group) is 1. The summed E-state index contributed by atoms with van der Waals surface area (Å²) in [5, 5.41) is 8.26. The Morgan fingerprint density at radius 3 is 2.93 bits per heavy atom. The number of hydrogen-bond acceptors (Lipinski definition) is 7. The molecule has 0 aliphatic rings. The summed E-state index contributed by atoms with van der Waals surface area (Å²) in [6.45, 7) is 2.31. The number of anilines is 1. The molecule has 0 fully saturated rings. The minimum absolute atomic E-state index is 0.132. The highest BCUT2D eigenvalue weighted by molar-refractivity contribution is 7.16. The Kier molecular flexibility index (Phi) is 5.73. The van der Waals surface area contributed by atoms with Crippen LogP contribution < -0.4 is 15.6 Å². The van der Waals surface area contributed by atoms with E-state index in [-0.39, 0.29) is 18.0 Å². The summed E-state index contributed by atoms with van der Waals surface area (Å²) < 4.78 is 6.50. The maximum Gasteiger partial charge on any atom is 0.275 e. The molecular formula is C17H18ClN5O3S. The molecule has 0 unspecified atom stereocenters. The highest BCUT2D eigenvalue weighted by Crippen LogP contribution is 2.27. The van der Waals surface area contributed by atoms with Crippen molar-refractivity contribution in [1.82, 2.24) is 19.5 Å². The molecule has 1 aromatic carbocycles. The predicted molar refractivity (Wildman–Crippen MR) is 105 cm³/mol. The third-order valence-corrected chi connectivity index (χ3v) is 4.80. The first-order valence-corrected chi connectivity index (χ1v) is 9.23. The minimum Gasteiger partial charge on any atom is -0.495 e. The van der Waals surface area contributed by atoms with Crippen molar-refractivity contribution in [3.05, 3.63) is 50.3 Å². The number of aryl methyl sites for hydroxylation is 1. The zero-order chi connectivity index (χ0) is 19.6. The summed E-state index contributed by atoms with van der Waals surface area (Å²) in [6.07, 6.45) is 0. The number of fused-ring (bicyclic) bond motifs is 1. The van der Waals surface area contributed by atoms with Crippen LogP contribution in [0.2, 0.25) is 5.02 Å². The number of methoxy groups -OCH3 is 1. The van der Waals surface area contributed by atoms with Crippen LogP contribution in [0, 0.1) is 6.92 Å². The van der Waals surface area contributed by atoms with E-state index in [1.165, 1.54) is 29.0 Å². The van der Waals surface area contributed by atoms with E-state index in [1.807, 2.05) is 0 Å². The summed E-state index contributed by atoms with van der Waals surface area (Å²) in [4.78, 5) is 30.9. The third-order valence-electron chi connectivity index (χ3n) is 3.67. The molecule has 2 heterocycles. The van der Waals surface area contributed by atoms with Gasteiger partial charge in [0.15, 0.2) is 0 Å². The second kappa shape index (κ2) is 8.03. The Morgan fingerprint density at radius 1 is 1.41 bits per heavy atom. The largest absolute Gasteiger partial charge is 0.495 e. The number of amides is 1. The first-order chi connectivity index (χ1) is 12.9. The molecule has 1 N–H and O–H groups in total. The molecule has 0 radical (unpaired) electrons. The van der Waals surface area contributed by atoms with Crippen LogP contribution in [0.3, 0.4) is 0 Å². The molecule has 0 aliphatic carbocycles. The average molecular weight is 408 g/mol. The molecule has 8 nitrogen and oxygen atoms in total. The Balaban J connectivity index is 1.66. The number of nitrogens with zero attached hydrogens (tertiary/aromatic N) is 4. The van der Waals surface area contributed by atoms with Crippen molar-refractivity contribution in [2.45, 2.75) is 13.5 Å². The molecule has 0 spiro atoms. The van der Waals surface area contributed by atoms with Crippen molar-refractivity contribution in [2.24, 2.45) is 0 Å². The van der Waals surface area contributed by atoms with E-state index in [4.69, 9.17) is 16.3 Å². The molecule has 0 atom stereocenters. The minimum atomic E-state index is -0.217. The van der Waals surface area contributed by atoms with Gasteiger partial charge in [0.1, 0.15) is 10.8 Å². The molecule has 0 saturated carbocycles. The maximum atomic E-state index is 12.3. The lowest BCUT2D eigenvalue weighted by molar-refractivity contribution is -0.117. The quantitative estimate of drug-likeness (QED) is 0.673. The van der Waals surface area contributed by atoms with Crippen molar-refractivity contribution in [2.75, 3.05) is 26.0 Å². The van der Waals surface area contributed by atoms with E-state index in [0.29, 0.717) is 38.7 Å². The van der Waals surface area contributed by atoms with Gasteiger partial charge in [-0.1, -0.05) is 22.9 Å². The first kappa shape index (κ1) is 19.3. The van der Waals surface area contributed by atoms with Gasteiger partial charge in [-0.3, -0.25) is 14.5 Å². The van der Waals surface area contributed by atoms with Gasteiger partial charge in [-0.25, -0.2) is 4.98 Å². The SMILES string of the molecule is COc1ccc(Cl)cc1NC(=O)CN(C)Cc1nn2c(=O)cc(C)nc2s1. The molecule has 2 aromatic heterocycles. The van der Waals surface area contributed by atoms with Crippen LogP contribution in [-0.2, 0) is 11.3 Å². The van der Waals surface area contributed by atoms with Gasteiger partial charge in [-0.05, 0) is 32.2 Å². The molecule has 1 amide bonds. The lowest BCUT2D eigenvalue weighted by Gasteiger charge is -2.15. The molecule has 3 aromatic rings. The lowest BCUT2D eigenvalue weighted by atomic mass is 10.3. The fraction of sp³-hybridized carbons (Fsp3) is 0.294. The topological polar surface area (TPSA) is 88.8 Å². The van der Waals surface area contributed by atoms with Crippen LogP contribution in [-0.4, -0.2) is 46.1 Å². The van der Waals surface area contributed by atoms with E-state index < -0.39 is 0 Å². The third kappa shape index (κ3) is 4.62. The van der Waals surface area contributed by atoms with Gasteiger partial charge in [0.25, 0.3) is 5.56 Å². The number of benzene rings is 1. The highest BCUT2D eigenvalue weighted by atomic mass is 35.5. The second-order valence-electron chi connectivity index (χ2n) is 5.99. The fourth-order valence-corrected chi connectivity index (χ4v) is 3.72. The van der Waals surface area contributed by atoms with E-state index >= 15 is 0 Å². The van der Waals surface area contributed by atoms with Crippen molar-refractivity contribution >= 4 is 39.5 Å². The van der Waals surface area contributed by atoms with Crippen LogP contribution in [0.1, 0.15) is 10.7 Å². The van der Waals surface area contributed by atoms with Gasteiger partial charge in [0.2, 0.25) is 10.9 Å². The van der Waals surface area contributed by atoms with Gasteiger partial charge in [-0.2, -0.15) is 9.61 Å². The standard InChI is InChI=1S/C17H18ClN5O3S/c1-10-6-16(25)23-17(19-10)27-15(21-23)9-22(2)8-14(24)20-12-7-11(18)4-5-13(12)26-3/h4-7H,8-9H2,1-3H3,(H,20,24). The molecule has 0 bridgehead atoms. The molecule has 3 rings (SSSR count). The summed E-state index contributed by atoms with van der Waals surface area (Å²) in [6, 6.07) is 6.45. The van der Waals surface area contributed by atoms with Crippen molar-refractivity contribution in [3.8, 4) is 5.75 Å². The molecule has 0 aliphatic heterocycles. The maximum absolute atomic E-state index is 12.3. The van der Waals surface area contributed by atoms with Crippen LogP contribution in [0.5, 0.6) is 5.75 Å². The Morgan fingerprint density at radius 2 is 2.19 bits per heavy atom. The normalized spacial score (nSPS) is 11.1. The average Bonchev–Trinajstić information content (AvgIpc) is 2.97. The number of ether oxygens (including phenoxy) is 1. The lowest BCUT2D eigenvalue weighted by Crippen LogP contribution is -2.30. The molecule has 0 saturated heterocycles. The van der Waals surface area contributed by atoms with Gasteiger partial charge < -0.3 is 10.1 Å². The summed E-state index contributed by atoms with van der Waals surface area (Å²) in [5.41, 5.74) is 0.946. The summed E-state index contributed by atoms with van der Waals surface area (Å²) in [5.74, 6) is 0.313. The second-order valence-corrected chi connectivity index (χ2v) is 7.47. The van der Waals surface area contributed by atoms with Crippen molar-refractivity contribution in [3.63, 3.8) is 0 Å². The Bertz CT molecular complexity index is 1050. The number of hydrogen-bond donors (Lipinski definition) is 1. The van der Waals surface area contributed by atoms with E-state index in [1.54, 1.807) is 37.1 Å². The molecule has 27 heavy (non-hydrogen) atoms. The zero-order valence-corrected chi connectivity index (χ0v) is 16.6. The van der Waals surface area contributed by atoms with E-state index in [9.17, 15) is 9.59 Å². The fourth-order valence-electron chi connectivity index (χ4n) is 2.52. The highest BCUT2D eigenvalue weighted by Gasteiger charge is 2.14. The summed E-state index contributed by atoms with van der Waals surface area (Å²) in [7, 11) is 3.32. The first-order valence-electron chi connectivity index (χ1n) is 8.04. The van der Waals surface area contributed by atoms with Gasteiger partial charge in [0.05, 0.1) is 25.9 Å². The number of aromatic nitrogens is 3. The van der Waals surface area contributed by atoms with Gasteiger partial charge in [-0.15, -0.1) is 0 Å². The molecule has 142 valence electrons. The van der Waals surface area contributed by atoms with Crippen LogP contribution in [0.15, 0.2) is 29.1 Å². The number of nitrogens with one attached hydrogen (secondary N) is 1. The van der Waals surface area contributed by atoms with Gasteiger partial charge >= 0.3 is 0 Å². The Labute approximate surface area is 164 Å². The van der Waals surface area contributed by atoms with Crippen LogP contribution in [0.25, 0.3) is 4.96 Å². The van der Waals surface area contributed by atoms with E-state index in [2.05, 4.69) is 15.4 Å². The van der Waals surface area contributed by atoms with Crippen LogP contribution >= 0.6 is 22.9 Å². The van der Waals surface area contributed by atoms with Crippen molar-refractivity contribution in [1.29, 1.82) is 0 Å². The molecular weight excluding hydrogens is 390 g/mol. The summed E-state index contributed by atoms with van der Waals surface area (Å²) >= 11 is 7.30. The smallest absolute Gasteiger partial charge is 0.275 e. The Hall–Kier alpha value is -2.49. The van der Waals surface area contributed by atoms with Gasteiger partial charge in [0, 0.05) is 16.8 Å². The monoisotopic (exact) mass is 407 g/mol. The number of carbonyl (C=O) groups is 1. The zero-order valence-electron chi connectivity index (χ0n) is 15.0. The number of halogens is 1. The van der Waals surface area contributed by atoms with Crippen LogP contribution in [0.4, 0.5) is 5.69 Å². The number of rotatable bonds is 6. The molecule has 10 heteroatoms. The van der Waals surface area contributed by atoms with E-state index in [0.717, 1.165) is 0 Å². The number of carbonyl (C=O) groups excluding carboxylic acids is 1. The van der Waals surface area contributed by atoms with Crippen molar-refractivity contribution < 1.29 is 9.53 Å². The predicted octanol–water partition coefficient (Wildman–Crippen LogP) is 2.19.